The average molecular weight is 1610 g/mol. The number of ether oxygens (including phenoxy) is 2. The Labute approximate surface area is 550 Å². The van der Waals surface area contributed by atoms with Crippen molar-refractivity contribution in [2.75, 3.05) is 34.4 Å². The minimum absolute atomic E-state index is 0. The number of carbonyl (C=O) groups excluding carboxylic acids is 2. The number of nitro groups is 2. The van der Waals surface area contributed by atoms with Gasteiger partial charge in [0, 0.05) is 28.4 Å². The fraction of sp³-hybridized carbons (Fsp3) is 0.357. The molecule has 28 nitrogen and oxygen atoms in total. The number of fused-ring (bicyclic) bond motifs is 3. The third-order valence-electron chi connectivity index (χ3n) is 8.47. The molecule has 0 radical (unpaired) electrons. The van der Waals surface area contributed by atoms with Crippen molar-refractivity contribution >= 4 is 111 Å². The molecule has 0 aliphatic heterocycles. The molecular formula is C56H85I3N15O13V. The van der Waals surface area contributed by atoms with Crippen molar-refractivity contribution in [3.05, 3.63) is 178 Å². The molecule has 488 valence electrons. The Balaban J connectivity index is -0.000000239. The molecule has 0 saturated carbocycles. The van der Waals surface area contributed by atoms with Crippen LogP contribution in [0, 0.1) is 20.2 Å². The van der Waals surface area contributed by atoms with E-state index in [0.29, 0.717) is 43.8 Å². The van der Waals surface area contributed by atoms with Crippen LogP contribution in [0.1, 0.15) is 136 Å². The second kappa shape index (κ2) is 53.9. The summed E-state index contributed by atoms with van der Waals surface area (Å²) in [6, 6.07) is 20.9. The number of aromatic carboxylic acids is 1. The second-order valence-electron chi connectivity index (χ2n) is 13.6. The number of carboxylic acid groups (broad SMARTS) is 1. The van der Waals surface area contributed by atoms with Gasteiger partial charge in [0.25, 0.3) is 16.7 Å². The van der Waals surface area contributed by atoms with E-state index >= 15 is 0 Å². The number of rotatable bonds is 8. The number of nitrogens with zero attached hydrogens (tertiary/aromatic N) is 11. The molecule has 0 aliphatic carbocycles. The van der Waals surface area contributed by atoms with Crippen LogP contribution in [-0.4, -0.2) is 126 Å². The predicted octanol–water partition coefficient (Wildman–Crippen LogP) is 12.4. The topological polar surface area (TPSA) is 393 Å². The Kier molecular flexibility index (Phi) is 56.2. The van der Waals surface area contributed by atoms with Gasteiger partial charge in [-0.05, 0) is 57.3 Å². The number of carboxylic acids is 1. The number of hydrogen-bond acceptors (Lipinski definition) is 19. The molecule has 3 aromatic carbocycles. The van der Waals surface area contributed by atoms with Crippen LogP contribution in [0.15, 0.2) is 124 Å². The number of para-hydroxylation sites is 3. The van der Waals surface area contributed by atoms with E-state index in [0.717, 1.165) is 14.1 Å². The molecule has 0 spiro atoms. The Morgan fingerprint density at radius 2 is 0.739 bits per heavy atom. The first-order valence-electron chi connectivity index (χ1n) is 25.9. The first-order chi connectivity index (χ1) is 40.7. The van der Waals surface area contributed by atoms with Gasteiger partial charge in [-0.1, -0.05) is 128 Å². The number of halogens is 3. The summed E-state index contributed by atoms with van der Waals surface area (Å²) in [5.41, 5.74) is 5.94. The van der Waals surface area contributed by atoms with Crippen LogP contribution in [0.2, 0.25) is 0 Å². The number of H-pyrrole nitrogens is 3. The van der Waals surface area contributed by atoms with Crippen LogP contribution < -0.4 is 22.4 Å². The molecular weight excluding hydrogens is 1520 g/mol. The van der Waals surface area contributed by atoms with E-state index < -0.39 is 27.8 Å². The molecule has 0 saturated heterocycles. The molecule has 0 bridgehead atoms. The first-order valence-corrected chi connectivity index (χ1v) is 39.5. The van der Waals surface area contributed by atoms with Crippen molar-refractivity contribution in [3.63, 3.8) is 0 Å². The van der Waals surface area contributed by atoms with Crippen LogP contribution >= 0.6 is 59.9 Å². The van der Waals surface area contributed by atoms with Crippen LogP contribution in [0.4, 0.5) is 0 Å². The van der Waals surface area contributed by atoms with Gasteiger partial charge in [0.15, 0.2) is 14.1 Å². The van der Waals surface area contributed by atoms with E-state index in [1.165, 1.54) is 58.3 Å². The van der Waals surface area contributed by atoms with E-state index in [4.69, 9.17) is 34.8 Å². The fourth-order valence-electron chi connectivity index (χ4n) is 5.61. The van der Waals surface area contributed by atoms with Gasteiger partial charge in [-0.15, -0.1) is 0 Å². The summed E-state index contributed by atoms with van der Waals surface area (Å²) >= 11 is 7.39. The van der Waals surface area contributed by atoms with Gasteiger partial charge in [0.2, 0.25) is 17.8 Å². The Bertz CT molecular complexity index is 3400. The van der Waals surface area contributed by atoms with Crippen LogP contribution in [0.25, 0.3) is 50.6 Å². The van der Waals surface area contributed by atoms with Gasteiger partial charge in [-0.2, -0.15) is 15.3 Å². The molecule has 9 rings (SSSR count). The molecule has 6 aromatic heterocycles. The standard InChI is InChI=1S/2C14H12N4O3.C12H8N4O3.5C2H6.2CH3NO2.CH5N.3CH4.3HI.V/c2*1-2-21-13(20)9-7-15-18(8-9)14-16-11-6-4-3-5-10(11)12(19)17-14;17-10-8-3-1-2-4-9(8)14-12(15-10)16-6-7(5-13-16)11(18)19;5*1-2;2*1-2(3)4;1-2;;;;;;;/h2*3-8H,2H2,1H3,(H,16,17,19);1-6H,(H,18,19)(H,14,15,17);5*1-2H3;2*1H3;2H2,1H3;3*1H4;3*1H;/q;;;;;;;;;;;;;;;;;+3/p-3. The summed E-state index contributed by atoms with van der Waals surface area (Å²) in [5.74, 6) is -1.35. The maximum absolute atomic E-state index is 12.0. The van der Waals surface area contributed by atoms with Crippen molar-refractivity contribution in [3.8, 4) is 17.8 Å². The molecule has 6 N–H and O–H groups in total. The van der Waals surface area contributed by atoms with Crippen molar-refractivity contribution in [2.24, 2.45) is 5.73 Å². The summed E-state index contributed by atoms with van der Waals surface area (Å²) in [7, 11) is 3.28. The summed E-state index contributed by atoms with van der Waals surface area (Å²) < 4.78 is 13.7. The second-order valence-corrected chi connectivity index (χ2v) is 48.9. The monoisotopic (exact) mass is 1610 g/mol. The summed E-state index contributed by atoms with van der Waals surface area (Å²) in [6.45, 7) is 24.0. The van der Waals surface area contributed by atoms with E-state index in [9.17, 15) is 28.8 Å². The van der Waals surface area contributed by atoms with E-state index in [-0.39, 0.29) is 80.5 Å². The van der Waals surface area contributed by atoms with Crippen molar-refractivity contribution < 1.29 is 43.7 Å². The van der Waals surface area contributed by atoms with Crippen LogP contribution in [0.5, 0.6) is 0 Å². The SMILES string of the molecule is C.C.C.CC.CC.CC.CC.CC.CCOC(=O)c1cnn(-c2nc3ccccc3c(=O)[nH]2)c1.CCOC(=O)c1cnn(-c2nc3ccccc3c(=O)[nH]2)c1.CN.C[N+](=O)[O-].C[N+](=O)[O-].O=C(O)c1cnn(-c2nc3ccccc3c(=O)[nH]2)c1.[I][V]([I])[I]. The van der Waals surface area contributed by atoms with Gasteiger partial charge in [0.05, 0.1) is 81.2 Å². The van der Waals surface area contributed by atoms with E-state index in [2.05, 4.69) is 111 Å². The van der Waals surface area contributed by atoms with Gasteiger partial charge < -0.3 is 20.3 Å². The summed E-state index contributed by atoms with van der Waals surface area (Å²) in [5, 5.41) is 39.8. The zero-order chi connectivity index (χ0) is 65.8. The van der Waals surface area contributed by atoms with Crippen molar-refractivity contribution in [1.82, 2.24) is 59.2 Å². The number of carbonyl (C=O) groups is 3. The molecule has 0 unspecified atom stereocenters. The van der Waals surface area contributed by atoms with Gasteiger partial charge in [-0.3, -0.25) is 49.6 Å². The zero-order valence-corrected chi connectivity index (χ0v) is 57.6. The van der Waals surface area contributed by atoms with Gasteiger partial charge in [0.1, 0.15) is 0 Å². The summed E-state index contributed by atoms with van der Waals surface area (Å²) in [4.78, 5) is 107. The third-order valence-corrected chi connectivity index (χ3v) is 8.47. The third kappa shape index (κ3) is 33.7. The molecule has 0 amide bonds. The molecule has 0 atom stereocenters. The number of aromatic nitrogens is 12. The molecule has 0 fully saturated rings. The number of nitrogens with one attached hydrogen (secondary N) is 3. The van der Waals surface area contributed by atoms with Crippen molar-refractivity contribution in [2.45, 2.75) is 105 Å². The first kappa shape index (κ1) is 91.8. The van der Waals surface area contributed by atoms with Gasteiger partial charge in [-0.25, -0.2) is 43.4 Å². The summed E-state index contributed by atoms with van der Waals surface area (Å²) in [6.07, 6.45) is 8.14. The van der Waals surface area contributed by atoms with Crippen molar-refractivity contribution in [1.29, 1.82) is 0 Å². The molecule has 88 heavy (non-hydrogen) atoms. The zero-order valence-electron chi connectivity index (χ0n) is 49.7. The Hall–Kier alpha value is -7.35. The Morgan fingerprint density at radius 3 is 0.955 bits per heavy atom. The Morgan fingerprint density at radius 1 is 0.523 bits per heavy atom. The number of benzene rings is 3. The number of nitrogens with two attached hydrogens (primary N) is 1. The molecule has 32 heteroatoms. The number of aromatic amines is 3. The molecule has 0 aliphatic rings. The molecule has 6 heterocycles. The normalized spacial score (nSPS) is 8.82. The van der Waals surface area contributed by atoms with Gasteiger partial charge >= 0.3 is 82.8 Å². The minimum atomic E-state index is -1.09. The fourth-order valence-corrected chi connectivity index (χ4v) is 5.61. The van der Waals surface area contributed by atoms with E-state index in [1.54, 1.807) is 86.6 Å². The number of hydrogen-bond donors (Lipinski definition) is 5. The van der Waals surface area contributed by atoms with Crippen LogP contribution in [0.3, 0.4) is 0 Å². The quantitative estimate of drug-likeness (QED) is 0.0408. The van der Waals surface area contributed by atoms with E-state index in [1.807, 2.05) is 69.2 Å². The van der Waals surface area contributed by atoms with Crippen LogP contribution in [-0.2, 0) is 14.4 Å². The molecule has 9 aromatic rings. The maximum atomic E-state index is 12.0. The predicted molar refractivity (Wildman–Crippen MR) is 372 cm³/mol. The number of esters is 2. The average Bonchev–Trinajstić information content (AvgIpc) is 4.38.